The maximum absolute atomic E-state index is 11.3. The molecule has 6 heteroatoms. The Hall–Kier alpha value is -2.26. The summed E-state index contributed by atoms with van der Waals surface area (Å²) in [6.07, 6.45) is 4.66. The number of benzene rings is 1. The zero-order valence-corrected chi connectivity index (χ0v) is 11.1. The Labute approximate surface area is 113 Å². The quantitative estimate of drug-likeness (QED) is 0.916. The van der Waals surface area contributed by atoms with Crippen molar-refractivity contribution in [1.82, 2.24) is 9.97 Å². The third-order valence-electron chi connectivity index (χ3n) is 2.52. The molecule has 96 valence electrons. The maximum Gasteiger partial charge on any atom is 0.182 e. The minimum atomic E-state index is -0.968. The number of nitrogens with zero attached hydrogens (tertiary/aromatic N) is 3. The summed E-state index contributed by atoms with van der Waals surface area (Å²) < 4.78 is 11.3. The molecule has 0 saturated carbocycles. The Morgan fingerprint density at radius 2 is 1.95 bits per heavy atom. The van der Waals surface area contributed by atoms with Gasteiger partial charge in [-0.1, -0.05) is 12.1 Å². The van der Waals surface area contributed by atoms with Gasteiger partial charge in [-0.05, 0) is 17.7 Å². The lowest BCUT2D eigenvalue weighted by atomic mass is 10.2. The number of hydrogen-bond acceptors (Lipinski definition) is 5. The van der Waals surface area contributed by atoms with Gasteiger partial charge in [0.25, 0.3) is 0 Å². The predicted octanol–water partition coefficient (Wildman–Crippen LogP) is 1.70. The molecule has 1 N–H and O–H groups in total. The van der Waals surface area contributed by atoms with Crippen LogP contribution in [0.15, 0.2) is 41.6 Å². The molecule has 1 heterocycles. The molecule has 0 radical (unpaired) electrons. The third kappa shape index (κ3) is 3.36. The second-order valence-corrected chi connectivity index (χ2v) is 5.20. The van der Waals surface area contributed by atoms with Crippen LogP contribution in [0.4, 0.5) is 5.82 Å². The van der Waals surface area contributed by atoms with Crippen molar-refractivity contribution >= 4 is 16.6 Å². The SMILES string of the molecule is C[S@](=O)c1ccc(CNc2nccnc2C#N)cc1. The van der Waals surface area contributed by atoms with Gasteiger partial charge in [0.2, 0.25) is 0 Å². The van der Waals surface area contributed by atoms with Crippen molar-refractivity contribution in [2.45, 2.75) is 11.4 Å². The molecule has 0 spiro atoms. The molecule has 1 atom stereocenters. The van der Waals surface area contributed by atoms with E-state index < -0.39 is 10.8 Å². The first-order valence-electron chi connectivity index (χ1n) is 5.58. The first-order chi connectivity index (χ1) is 9.20. The second-order valence-electron chi connectivity index (χ2n) is 3.82. The van der Waals surface area contributed by atoms with Gasteiger partial charge in [-0.3, -0.25) is 4.21 Å². The van der Waals surface area contributed by atoms with Crippen LogP contribution in [0.25, 0.3) is 0 Å². The van der Waals surface area contributed by atoms with E-state index in [4.69, 9.17) is 5.26 Å². The highest BCUT2D eigenvalue weighted by atomic mass is 32.2. The minimum Gasteiger partial charge on any atom is -0.364 e. The second kappa shape index (κ2) is 6.07. The zero-order valence-electron chi connectivity index (χ0n) is 10.3. The van der Waals surface area contributed by atoms with E-state index in [1.165, 1.54) is 12.4 Å². The minimum absolute atomic E-state index is 0.272. The van der Waals surface area contributed by atoms with E-state index in [0.717, 1.165) is 10.5 Å². The summed E-state index contributed by atoms with van der Waals surface area (Å²) in [5.41, 5.74) is 1.29. The Morgan fingerprint density at radius 3 is 2.58 bits per heavy atom. The van der Waals surface area contributed by atoms with Gasteiger partial charge < -0.3 is 5.32 Å². The Kier molecular flexibility index (Phi) is 4.21. The molecule has 5 nitrogen and oxygen atoms in total. The van der Waals surface area contributed by atoms with E-state index in [0.29, 0.717) is 12.4 Å². The molecule has 0 unspecified atom stereocenters. The summed E-state index contributed by atoms with van der Waals surface area (Å²) in [6.45, 7) is 0.532. The van der Waals surface area contributed by atoms with Crippen molar-refractivity contribution in [1.29, 1.82) is 5.26 Å². The average molecular weight is 272 g/mol. The van der Waals surface area contributed by atoms with Crippen molar-refractivity contribution in [3.8, 4) is 6.07 Å². The average Bonchev–Trinajstić information content (AvgIpc) is 2.45. The van der Waals surface area contributed by atoms with Crippen LogP contribution in [0.1, 0.15) is 11.3 Å². The summed E-state index contributed by atoms with van der Waals surface area (Å²) in [6, 6.07) is 9.43. The lowest BCUT2D eigenvalue weighted by Gasteiger charge is -2.06. The summed E-state index contributed by atoms with van der Waals surface area (Å²) in [5.74, 6) is 0.466. The van der Waals surface area contributed by atoms with E-state index in [1.807, 2.05) is 30.3 Å². The molecule has 2 aromatic rings. The van der Waals surface area contributed by atoms with Crippen LogP contribution in [0.5, 0.6) is 0 Å². The van der Waals surface area contributed by atoms with Crippen LogP contribution in [-0.2, 0) is 17.3 Å². The topological polar surface area (TPSA) is 78.7 Å². The highest BCUT2D eigenvalue weighted by Gasteiger charge is 2.03. The number of rotatable bonds is 4. The molecule has 0 fully saturated rings. The molecule has 0 amide bonds. The first kappa shape index (κ1) is 13.2. The van der Waals surface area contributed by atoms with E-state index in [-0.39, 0.29) is 5.69 Å². The normalized spacial score (nSPS) is 11.6. The fraction of sp³-hybridized carbons (Fsp3) is 0.154. The number of aromatic nitrogens is 2. The standard InChI is InChI=1S/C13H12N4OS/c1-19(18)11-4-2-10(3-5-11)9-17-13-12(8-14)15-6-7-16-13/h2-7H,9H2,1H3,(H,16,17)/t19-/m0/s1. The highest BCUT2D eigenvalue weighted by molar-refractivity contribution is 7.84. The van der Waals surface area contributed by atoms with Crippen LogP contribution in [0.2, 0.25) is 0 Å². The van der Waals surface area contributed by atoms with Crippen molar-refractivity contribution in [3.63, 3.8) is 0 Å². The van der Waals surface area contributed by atoms with Crippen LogP contribution in [-0.4, -0.2) is 20.4 Å². The largest absolute Gasteiger partial charge is 0.364 e. The fourth-order valence-corrected chi connectivity index (χ4v) is 2.05. The summed E-state index contributed by atoms with van der Waals surface area (Å²) in [7, 11) is -0.968. The summed E-state index contributed by atoms with van der Waals surface area (Å²) in [4.78, 5) is 8.78. The third-order valence-corrected chi connectivity index (χ3v) is 3.46. The molecule has 2 rings (SSSR count). The smallest absolute Gasteiger partial charge is 0.182 e. The summed E-state index contributed by atoms with van der Waals surface area (Å²) in [5, 5.41) is 11.9. The van der Waals surface area contributed by atoms with E-state index in [9.17, 15) is 4.21 Å². The lowest BCUT2D eigenvalue weighted by Crippen LogP contribution is -2.04. The van der Waals surface area contributed by atoms with E-state index in [1.54, 1.807) is 6.26 Å². The Morgan fingerprint density at radius 1 is 1.26 bits per heavy atom. The molecule has 0 aliphatic rings. The van der Waals surface area contributed by atoms with Crippen molar-refractivity contribution in [2.75, 3.05) is 11.6 Å². The summed E-state index contributed by atoms with van der Waals surface area (Å²) >= 11 is 0. The molecular formula is C13H12N4OS. The first-order valence-corrected chi connectivity index (χ1v) is 7.14. The molecule has 0 aliphatic heterocycles. The number of anilines is 1. The van der Waals surface area contributed by atoms with Gasteiger partial charge in [-0.2, -0.15) is 5.26 Å². The lowest BCUT2D eigenvalue weighted by molar-refractivity contribution is 0.687. The molecule has 1 aromatic carbocycles. The van der Waals surface area contributed by atoms with Crippen LogP contribution in [0, 0.1) is 11.3 Å². The van der Waals surface area contributed by atoms with Crippen molar-refractivity contribution < 1.29 is 4.21 Å². The van der Waals surface area contributed by atoms with Gasteiger partial charge >= 0.3 is 0 Å². The number of hydrogen-bond donors (Lipinski definition) is 1. The molecule has 19 heavy (non-hydrogen) atoms. The van der Waals surface area contributed by atoms with Gasteiger partial charge in [0, 0.05) is 40.9 Å². The van der Waals surface area contributed by atoms with Gasteiger partial charge in [0.15, 0.2) is 11.5 Å². The molecule has 1 aromatic heterocycles. The predicted molar refractivity (Wildman–Crippen MR) is 72.8 cm³/mol. The Balaban J connectivity index is 2.06. The highest BCUT2D eigenvalue weighted by Crippen LogP contribution is 2.11. The fourth-order valence-electron chi connectivity index (χ4n) is 1.53. The zero-order chi connectivity index (χ0) is 13.7. The van der Waals surface area contributed by atoms with Crippen molar-refractivity contribution in [3.05, 3.63) is 47.9 Å². The van der Waals surface area contributed by atoms with Crippen LogP contribution < -0.4 is 5.32 Å². The molecule has 0 saturated heterocycles. The van der Waals surface area contributed by atoms with Gasteiger partial charge in [-0.15, -0.1) is 0 Å². The van der Waals surface area contributed by atoms with E-state index >= 15 is 0 Å². The number of nitriles is 1. The van der Waals surface area contributed by atoms with Crippen molar-refractivity contribution in [2.24, 2.45) is 0 Å². The van der Waals surface area contributed by atoms with Gasteiger partial charge in [0.1, 0.15) is 6.07 Å². The van der Waals surface area contributed by atoms with Crippen LogP contribution >= 0.6 is 0 Å². The molecule has 0 aliphatic carbocycles. The van der Waals surface area contributed by atoms with Gasteiger partial charge in [-0.25, -0.2) is 9.97 Å². The molecule has 0 bridgehead atoms. The monoisotopic (exact) mass is 272 g/mol. The Bertz CT molecular complexity index is 634. The maximum atomic E-state index is 11.3. The number of nitrogens with one attached hydrogen (secondary N) is 1. The van der Waals surface area contributed by atoms with E-state index in [2.05, 4.69) is 15.3 Å². The van der Waals surface area contributed by atoms with Crippen LogP contribution in [0.3, 0.4) is 0 Å². The van der Waals surface area contributed by atoms with Gasteiger partial charge in [0.05, 0.1) is 0 Å². The molecular weight excluding hydrogens is 260 g/mol.